The summed E-state index contributed by atoms with van der Waals surface area (Å²) in [5.74, 6) is 0.387. The van der Waals surface area contributed by atoms with Gasteiger partial charge in [0.15, 0.2) is 0 Å². The van der Waals surface area contributed by atoms with Crippen molar-refractivity contribution in [1.82, 2.24) is 10.2 Å². The third-order valence-corrected chi connectivity index (χ3v) is 3.93. The van der Waals surface area contributed by atoms with E-state index in [4.69, 9.17) is 5.73 Å². The van der Waals surface area contributed by atoms with Crippen LogP contribution in [0.2, 0.25) is 0 Å². The quantitative estimate of drug-likeness (QED) is 0.727. The van der Waals surface area contributed by atoms with Gasteiger partial charge in [0, 0.05) is 26.2 Å². The predicted octanol–water partition coefficient (Wildman–Crippen LogP) is 0.326. The van der Waals surface area contributed by atoms with Crippen molar-refractivity contribution < 1.29 is 4.79 Å². The molecule has 2 rings (SSSR count). The molecule has 1 aliphatic carbocycles. The van der Waals surface area contributed by atoms with Gasteiger partial charge in [-0.2, -0.15) is 0 Å². The minimum Gasteiger partial charge on any atom is -0.368 e. The molecule has 1 heterocycles. The molecule has 4 nitrogen and oxygen atoms in total. The third-order valence-electron chi connectivity index (χ3n) is 3.93. The number of hydrogen-bond donors (Lipinski definition) is 2. The van der Waals surface area contributed by atoms with E-state index in [2.05, 4.69) is 10.2 Å². The van der Waals surface area contributed by atoms with Gasteiger partial charge in [-0.3, -0.25) is 9.69 Å². The van der Waals surface area contributed by atoms with Crippen LogP contribution >= 0.6 is 0 Å². The van der Waals surface area contributed by atoms with Gasteiger partial charge in [-0.15, -0.1) is 0 Å². The van der Waals surface area contributed by atoms with Crippen LogP contribution in [0.25, 0.3) is 0 Å². The van der Waals surface area contributed by atoms with Crippen LogP contribution in [0.4, 0.5) is 0 Å². The summed E-state index contributed by atoms with van der Waals surface area (Å²) in [5, 5.41) is 3.32. The van der Waals surface area contributed by atoms with E-state index in [9.17, 15) is 4.79 Å². The Morgan fingerprint density at radius 1 is 1.19 bits per heavy atom. The number of nitrogens with two attached hydrogens (primary N) is 1. The van der Waals surface area contributed by atoms with Crippen molar-refractivity contribution in [2.45, 2.75) is 38.1 Å². The van der Waals surface area contributed by atoms with Crippen molar-refractivity contribution in [3.05, 3.63) is 0 Å². The summed E-state index contributed by atoms with van der Waals surface area (Å²) in [4.78, 5) is 13.9. The van der Waals surface area contributed by atoms with Crippen LogP contribution in [0.1, 0.15) is 32.1 Å². The number of carbonyl (C=O) groups is 1. The smallest absolute Gasteiger partial charge is 0.235 e. The molecule has 2 fully saturated rings. The Balaban J connectivity index is 1.99. The summed E-state index contributed by atoms with van der Waals surface area (Å²) in [6.07, 6.45) is 6.21. The second kappa shape index (κ2) is 5.64. The van der Waals surface area contributed by atoms with Crippen molar-refractivity contribution in [3.63, 3.8) is 0 Å². The lowest BCUT2D eigenvalue weighted by atomic mass is 9.82. The molecule has 0 aromatic heterocycles. The number of carbonyl (C=O) groups excluding carboxylic acids is 1. The first-order valence-electron chi connectivity index (χ1n) is 6.53. The summed E-state index contributed by atoms with van der Waals surface area (Å²) >= 11 is 0. The topological polar surface area (TPSA) is 58.4 Å². The fourth-order valence-corrected chi connectivity index (χ4v) is 3.12. The van der Waals surface area contributed by atoms with E-state index in [0.29, 0.717) is 5.92 Å². The SMILES string of the molecule is NC(=O)C(C1CCCCC1)N1CCNCC1. The average Bonchev–Trinajstić information content (AvgIpc) is 2.31. The van der Waals surface area contributed by atoms with E-state index in [-0.39, 0.29) is 11.9 Å². The van der Waals surface area contributed by atoms with E-state index >= 15 is 0 Å². The summed E-state index contributed by atoms with van der Waals surface area (Å²) in [6, 6.07) is -0.0117. The zero-order valence-electron chi connectivity index (χ0n) is 9.95. The molecule has 92 valence electrons. The molecule has 1 aliphatic heterocycles. The van der Waals surface area contributed by atoms with Crippen molar-refractivity contribution in [2.75, 3.05) is 26.2 Å². The highest BCUT2D eigenvalue weighted by Gasteiger charge is 2.33. The fraction of sp³-hybridized carbons (Fsp3) is 0.917. The molecule has 0 aromatic rings. The van der Waals surface area contributed by atoms with Crippen molar-refractivity contribution in [2.24, 2.45) is 11.7 Å². The highest BCUT2D eigenvalue weighted by atomic mass is 16.1. The molecular weight excluding hydrogens is 202 g/mol. The van der Waals surface area contributed by atoms with E-state index < -0.39 is 0 Å². The molecule has 0 aromatic carbocycles. The number of primary amides is 1. The molecular formula is C12H23N3O. The number of hydrogen-bond acceptors (Lipinski definition) is 3. The number of rotatable bonds is 3. The van der Waals surface area contributed by atoms with Gasteiger partial charge < -0.3 is 11.1 Å². The van der Waals surface area contributed by atoms with Crippen molar-refractivity contribution >= 4 is 5.91 Å². The van der Waals surface area contributed by atoms with Crippen LogP contribution in [0, 0.1) is 5.92 Å². The minimum absolute atomic E-state index is 0.0117. The van der Waals surface area contributed by atoms with Gasteiger partial charge in [0.05, 0.1) is 6.04 Å². The lowest BCUT2D eigenvalue weighted by Gasteiger charge is -2.38. The molecule has 1 atom stereocenters. The van der Waals surface area contributed by atoms with Crippen LogP contribution in [-0.2, 0) is 4.79 Å². The maximum absolute atomic E-state index is 11.7. The molecule has 1 unspecified atom stereocenters. The van der Waals surface area contributed by atoms with Gasteiger partial charge in [-0.1, -0.05) is 19.3 Å². The number of nitrogens with zero attached hydrogens (tertiary/aromatic N) is 1. The van der Waals surface area contributed by atoms with Crippen LogP contribution in [0.3, 0.4) is 0 Å². The Kier molecular flexibility index (Phi) is 4.18. The van der Waals surface area contributed by atoms with Crippen LogP contribution in [0.5, 0.6) is 0 Å². The first kappa shape index (κ1) is 11.9. The first-order valence-corrected chi connectivity index (χ1v) is 6.53. The van der Waals surface area contributed by atoms with Crippen LogP contribution in [0.15, 0.2) is 0 Å². The molecule has 16 heavy (non-hydrogen) atoms. The summed E-state index contributed by atoms with van der Waals surface area (Å²) in [7, 11) is 0. The lowest BCUT2D eigenvalue weighted by Crippen LogP contribution is -2.56. The van der Waals surface area contributed by atoms with Crippen molar-refractivity contribution in [1.29, 1.82) is 0 Å². The highest BCUT2D eigenvalue weighted by molar-refractivity contribution is 5.80. The number of piperazine rings is 1. The molecule has 1 saturated carbocycles. The molecule has 0 bridgehead atoms. The molecule has 0 spiro atoms. The Bertz CT molecular complexity index is 214. The monoisotopic (exact) mass is 225 g/mol. The number of nitrogens with one attached hydrogen (secondary N) is 1. The van der Waals surface area contributed by atoms with Gasteiger partial charge in [0.2, 0.25) is 5.91 Å². The Hall–Kier alpha value is -0.610. The maximum atomic E-state index is 11.7. The molecule has 2 aliphatic rings. The zero-order valence-corrected chi connectivity index (χ0v) is 9.95. The Morgan fingerprint density at radius 2 is 1.81 bits per heavy atom. The molecule has 1 saturated heterocycles. The van der Waals surface area contributed by atoms with Gasteiger partial charge in [-0.05, 0) is 18.8 Å². The predicted molar refractivity (Wildman–Crippen MR) is 64.0 cm³/mol. The molecule has 0 radical (unpaired) electrons. The summed E-state index contributed by atoms with van der Waals surface area (Å²) < 4.78 is 0. The third kappa shape index (κ3) is 2.74. The maximum Gasteiger partial charge on any atom is 0.235 e. The fourth-order valence-electron chi connectivity index (χ4n) is 3.12. The zero-order chi connectivity index (χ0) is 11.4. The van der Waals surface area contributed by atoms with Crippen LogP contribution < -0.4 is 11.1 Å². The summed E-state index contributed by atoms with van der Waals surface area (Å²) in [6.45, 7) is 3.89. The molecule has 1 amide bonds. The largest absolute Gasteiger partial charge is 0.368 e. The van der Waals surface area contributed by atoms with E-state index in [0.717, 1.165) is 26.2 Å². The Labute approximate surface area is 97.6 Å². The Morgan fingerprint density at radius 3 is 2.38 bits per heavy atom. The lowest BCUT2D eigenvalue weighted by molar-refractivity contribution is -0.126. The second-order valence-corrected chi connectivity index (χ2v) is 5.03. The first-order chi connectivity index (χ1) is 7.79. The summed E-state index contributed by atoms with van der Waals surface area (Å²) in [5.41, 5.74) is 5.60. The average molecular weight is 225 g/mol. The van der Waals surface area contributed by atoms with Gasteiger partial charge >= 0.3 is 0 Å². The van der Waals surface area contributed by atoms with Gasteiger partial charge in [-0.25, -0.2) is 0 Å². The minimum atomic E-state index is -0.117. The number of amides is 1. The van der Waals surface area contributed by atoms with Crippen LogP contribution in [-0.4, -0.2) is 43.0 Å². The normalized spacial score (nSPS) is 26.5. The van der Waals surface area contributed by atoms with Crippen molar-refractivity contribution in [3.8, 4) is 0 Å². The van der Waals surface area contributed by atoms with E-state index in [1.807, 2.05) is 0 Å². The van der Waals surface area contributed by atoms with E-state index in [1.54, 1.807) is 0 Å². The standard InChI is InChI=1S/C12H23N3O/c13-12(16)11(10-4-2-1-3-5-10)15-8-6-14-7-9-15/h10-11,14H,1-9H2,(H2,13,16). The highest BCUT2D eigenvalue weighted by Crippen LogP contribution is 2.29. The molecule has 3 N–H and O–H groups in total. The second-order valence-electron chi connectivity index (χ2n) is 5.03. The van der Waals surface area contributed by atoms with E-state index in [1.165, 1.54) is 32.1 Å². The van der Waals surface area contributed by atoms with Gasteiger partial charge in [0.25, 0.3) is 0 Å². The van der Waals surface area contributed by atoms with Gasteiger partial charge in [0.1, 0.15) is 0 Å². The molecule has 4 heteroatoms.